The number of aromatic nitrogens is 2. The van der Waals surface area contributed by atoms with Gasteiger partial charge in [0.1, 0.15) is 5.82 Å². The summed E-state index contributed by atoms with van der Waals surface area (Å²) in [5.41, 5.74) is 3.09. The van der Waals surface area contributed by atoms with Crippen LogP contribution in [0.1, 0.15) is 50.5 Å². The van der Waals surface area contributed by atoms with Crippen LogP contribution < -0.4 is 14.8 Å². The van der Waals surface area contributed by atoms with Gasteiger partial charge in [0.05, 0.1) is 30.8 Å². The van der Waals surface area contributed by atoms with E-state index < -0.39 is 0 Å². The first-order valence-electron chi connectivity index (χ1n) is 11.3. The van der Waals surface area contributed by atoms with Crippen molar-refractivity contribution in [2.45, 2.75) is 45.7 Å². The van der Waals surface area contributed by atoms with E-state index in [0.29, 0.717) is 6.61 Å². The predicted molar refractivity (Wildman–Crippen MR) is 127 cm³/mol. The Bertz CT molecular complexity index is 1110. The van der Waals surface area contributed by atoms with Gasteiger partial charge in [-0.15, -0.1) is 0 Å². The van der Waals surface area contributed by atoms with E-state index in [9.17, 15) is 4.79 Å². The maximum absolute atomic E-state index is 12.3. The normalized spacial score (nSPS) is 14.6. The highest BCUT2D eigenvalue weighted by Crippen LogP contribution is 2.31. The van der Waals surface area contributed by atoms with Gasteiger partial charge < -0.3 is 19.4 Å². The van der Waals surface area contributed by atoms with Crippen molar-refractivity contribution in [3.05, 3.63) is 59.9 Å². The molecule has 1 N–H and O–H groups in total. The van der Waals surface area contributed by atoms with E-state index in [1.807, 2.05) is 62.4 Å². The quantitative estimate of drug-likeness (QED) is 0.450. The molecule has 0 aliphatic heterocycles. The number of carbonyl (C=O) groups excluding carboxylic acids is 1. The number of ether oxygens (including phenoxy) is 2. The second-order valence-electron chi connectivity index (χ2n) is 8.23. The fourth-order valence-electron chi connectivity index (χ4n) is 3.91. The van der Waals surface area contributed by atoms with Crippen LogP contribution in [0.25, 0.3) is 17.1 Å². The first kappa shape index (κ1) is 21.9. The van der Waals surface area contributed by atoms with Crippen molar-refractivity contribution < 1.29 is 14.3 Å². The van der Waals surface area contributed by atoms with Crippen molar-refractivity contribution in [2.75, 3.05) is 13.7 Å². The van der Waals surface area contributed by atoms with E-state index in [2.05, 4.69) is 16.0 Å². The number of amides is 1. The van der Waals surface area contributed by atoms with E-state index in [0.717, 1.165) is 59.7 Å². The minimum Gasteiger partial charge on any atom is -0.493 e. The Kier molecular flexibility index (Phi) is 6.78. The van der Waals surface area contributed by atoms with Crippen molar-refractivity contribution >= 4 is 23.0 Å². The lowest BCUT2D eigenvalue weighted by molar-refractivity contribution is -0.123. The number of allylic oxidation sites excluding steroid dienone is 1. The third kappa shape index (κ3) is 4.96. The lowest BCUT2D eigenvalue weighted by Crippen LogP contribution is -2.30. The molecule has 1 heterocycles. The smallest absolute Gasteiger partial charge is 0.223 e. The van der Waals surface area contributed by atoms with Crippen molar-refractivity contribution in [1.29, 1.82) is 0 Å². The Morgan fingerprint density at radius 2 is 2.06 bits per heavy atom. The first-order chi connectivity index (χ1) is 15.6. The second-order valence-corrected chi connectivity index (χ2v) is 8.23. The van der Waals surface area contributed by atoms with Crippen LogP contribution in [0, 0.1) is 5.92 Å². The molecule has 1 unspecified atom stereocenters. The summed E-state index contributed by atoms with van der Waals surface area (Å²) in [5, 5.41) is 3.13. The number of fused-ring (bicyclic) bond motifs is 1. The van der Waals surface area contributed by atoms with Gasteiger partial charge in [0.25, 0.3) is 0 Å². The summed E-state index contributed by atoms with van der Waals surface area (Å²) in [6, 6.07) is 13.9. The second kappa shape index (κ2) is 9.90. The van der Waals surface area contributed by atoms with Crippen LogP contribution in [0.3, 0.4) is 0 Å². The number of rotatable bonds is 10. The fourth-order valence-corrected chi connectivity index (χ4v) is 3.91. The maximum atomic E-state index is 12.3. The number of nitrogens with one attached hydrogen (secondary N) is 1. The molecule has 3 aromatic rings. The Balaban J connectivity index is 1.44. The van der Waals surface area contributed by atoms with Gasteiger partial charge in [0.2, 0.25) is 5.91 Å². The molecule has 1 fully saturated rings. The van der Waals surface area contributed by atoms with Crippen molar-refractivity contribution in [2.24, 2.45) is 5.92 Å². The summed E-state index contributed by atoms with van der Waals surface area (Å²) >= 11 is 0. The van der Waals surface area contributed by atoms with Crippen LogP contribution >= 0.6 is 0 Å². The number of carbonyl (C=O) groups is 1. The molecule has 32 heavy (non-hydrogen) atoms. The summed E-state index contributed by atoms with van der Waals surface area (Å²) in [6.07, 6.45) is 6.81. The minimum atomic E-state index is -0.143. The number of benzene rings is 2. The van der Waals surface area contributed by atoms with Gasteiger partial charge in [0.15, 0.2) is 11.5 Å². The molecule has 4 rings (SSSR count). The summed E-state index contributed by atoms with van der Waals surface area (Å²) in [5.74, 6) is 2.66. The SMILES string of the molecule is C/C=C/c1ccc(OCCCn2c(C(C)NC(=O)C3CC3)nc3ccccc32)c(OC)c1. The number of para-hydroxylation sites is 2. The molecule has 1 amide bonds. The Hall–Kier alpha value is -3.28. The van der Waals surface area contributed by atoms with E-state index >= 15 is 0 Å². The molecule has 0 saturated heterocycles. The largest absolute Gasteiger partial charge is 0.493 e. The number of methoxy groups -OCH3 is 1. The van der Waals surface area contributed by atoms with Gasteiger partial charge in [-0.1, -0.05) is 30.4 Å². The summed E-state index contributed by atoms with van der Waals surface area (Å²) in [7, 11) is 1.66. The predicted octanol–water partition coefficient (Wildman–Crippen LogP) is 5.13. The van der Waals surface area contributed by atoms with Crippen LogP contribution in [0.2, 0.25) is 0 Å². The molecule has 0 bridgehead atoms. The highest BCUT2D eigenvalue weighted by atomic mass is 16.5. The number of hydrogen-bond donors (Lipinski definition) is 1. The summed E-state index contributed by atoms with van der Waals surface area (Å²) in [6.45, 7) is 5.29. The van der Waals surface area contributed by atoms with Gasteiger partial charge in [-0.2, -0.15) is 0 Å². The molecule has 2 aromatic carbocycles. The molecule has 1 saturated carbocycles. The van der Waals surface area contributed by atoms with Crippen LogP contribution in [0.5, 0.6) is 11.5 Å². The van der Waals surface area contributed by atoms with Gasteiger partial charge >= 0.3 is 0 Å². The molecule has 6 nitrogen and oxygen atoms in total. The molecule has 0 spiro atoms. The average molecular weight is 434 g/mol. The molecule has 1 aliphatic carbocycles. The highest BCUT2D eigenvalue weighted by molar-refractivity contribution is 5.81. The van der Waals surface area contributed by atoms with E-state index in [4.69, 9.17) is 14.5 Å². The lowest BCUT2D eigenvalue weighted by Gasteiger charge is -2.17. The van der Waals surface area contributed by atoms with Crippen LogP contribution in [0.15, 0.2) is 48.5 Å². The van der Waals surface area contributed by atoms with Crippen LogP contribution in [-0.4, -0.2) is 29.2 Å². The Morgan fingerprint density at radius 1 is 1.25 bits per heavy atom. The number of imidazole rings is 1. The van der Waals surface area contributed by atoms with E-state index in [1.54, 1.807) is 7.11 Å². The van der Waals surface area contributed by atoms with Crippen molar-refractivity contribution in [3.63, 3.8) is 0 Å². The zero-order valence-electron chi connectivity index (χ0n) is 19.0. The molecule has 168 valence electrons. The van der Waals surface area contributed by atoms with Gasteiger partial charge in [-0.3, -0.25) is 4.79 Å². The molecule has 1 aromatic heterocycles. The third-order valence-electron chi connectivity index (χ3n) is 5.71. The van der Waals surface area contributed by atoms with Crippen LogP contribution in [0.4, 0.5) is 0 Å². The van der Waals surface area contributed by atoms with Crippen LogP contribution in [-0.2, 0) is 11.3 Å². The average Bonchev–Trinajstić information content (AvgIpc) is 3.59. The Morgan fingerprint density at radius 3 is 2.81 bits per heavy atom. The molecule has 1 atom stereocenters. The summed E-state index contributed by atoms with van der Waals surface area (Å²) < 4.78 is 13.7. The van der Waals surface area contributed by atoms with Crippen molar-refractivity contribution in [3.8, 4) is 11.5 Å². The van der Waals surface area contributed by atoms with Gasteiger partial charge in [0, 0.05) is 12.5 Å². The third-order valence-corrected chi connectivity index (χ3v) is 5.71. The monoisotopic (exact) mass is 433 g/mol. The molecule has 6 heteroatoms. The topological polar surface area (TPSA) is 65.4 Å². The lowest BCUT2D eigenvalue weighted by atomic mass is 10.2. The van der Waals surface area contributed by atoms with E-state index in [-0.39, 0.29) is 17.9 Å². The maximum Gasteiger partial charge on any atom is 0.223 e. The molecule has 0 radical (unpaired) electrons. The molecular weight excluding hydrogens is 402 g/mol. The summed E-state index contributed by atoms with van der Waals surface area (Å²) in [4.78, 5) is 17.1. The zero-order chi connectivity index (χ0) is 22.5. The van der Waals surface area contributed by atoms with E-state index in [1.165, 1.54) is 0 Å². The molecular formula is C26H31N3O3. The molecule has 1 aliphatic rings. The fraction of sp³-hybridized carbons (Fsp3) is 0.385. The van der Waals surface area contributed by atoms with Gasteiger partial charge in [-0.25, -0.2) is 4.98 Å². The standard InChI is InChI=1S/C26H31N3O3/c1-4-8-19-11-14-23(24(17-19)31-3)32-16-7-15-29-22-10-6-5-9-21(22)28-25(29)18(2)27-26(30)20-12-13-20/h4-6,8-11,14,17-18,20H,7,12-13,15-16H2,1-3H3,(H,27,30)/b8-4+. The Labute approximate surface area is 189 Å². The first-order valence-corrected chi connectivity index (χ1v) is 11.3. The number of aryl methyl sites for hydroxylation is 1. The van der Waals surface area contributed by atoms with Gasteiger partial charge in [-0.05, 0) is 62.9 Å². The zero-order valence-corrected chi connectivity index (χ0v) is 19.0. The number of hydrogen-bond acceptors (Lipinski definition) is 4. The minimum absolute atomic E-state index is 0.132. The van der Waals surface area contributed by atoms with Crippen molar-refractivity contribution in [1.82, 2.24) is 14.9 Å². The number of nitrogens with zero attached hydrogens (tertiary/aromatic N) is 2. The highest BCUT2D eigenvalue weighted by Gasteiger charge is 2.31.